The van der Waals surface area contributed by atoms with E-state index < -0.39 is 11.8 Å². The quantitative estimate of drug-likeness (QED) is 0.230. The van der Waals surface area contributed by atoms with Gasteiger partial charge in [0.05, 0.1) is 0 Å². The standard InChI is InChI=1S/C8H15NO6/c1-6(9-13-4)8(12-3,15-11)5-14-7(2)10/h11H,5H2,1-4H3/b9-6+. The number of nitrogens with zero attached hydrogens (tertiary/aromatic N) is 1. The lowest BCUT2D eigenvalue weighted by atomic mass is 10.2. The van der Waals surface area contributed by atoms with E-state index in [0.717, 1.165) is 0 Å². The summed E-state index contributed by atoms with van der Waals surface area (Å²) in [6.45, 7) is 2.39. The maximum absolute atomic E-state index is 10.6. The topological polar surface area (TPSA) is 86.6 Å². The molecule has 1 unspecified atom stereocenters. The van der Waals surface area contributed by atoms with Crippen LogP contribution in [0.4, 0.5) is 0 Å². The summed E-state index contributed by atoms with van der Waals surface area (Å²) in [7, 11) is 2.60. The van der Waals surface area contributed by atoms with Gasteiger partial charge in [0.25, 0.3) is 5.79 Å². The van der Waals surface area contributed by atoms with Crippen LogP contribution < -0.4 is 0 Å². The van der Waals surface area contributed by atoms with Crippen molar-refractivity contribution < 1.29 is 29.3 Å². The Bertz CT molecular complexity index is 235. The third kappa shape index (κ3) is 3.82. The van der Waals surface area contributed by atoms with E-state index >= 15 is 0 Å². The lowest BCUT2D eigenvalue weighted by Gasteiger charge is -2.26. The number of ether oxygens (including phenoxy) is 2. The average molecular weight is 221 g/mol. The molecule has 0 aromatic rings. The first-order chi connectivity index (χ1) is 7.02. The largest absolute Gasteiger partial charge is 0.460 e. The zero-order valence-corrected chi connectivity index (χ0v) is 9.14. The van der Waals surface area contributed by atoms with Gasteiger partial charge in [0, 0.05) is 14.0 Å². The van der Waals surface area contributed by atoms with Gasteiger partial charge in [0.15, 0.2) is 6.61 Å². The Hall–Kier alpha value is -1.18. The van der Waals surface area contributed by atoms with Crippen molar-refractivity contribution in [3.8, 4) is 0 Å². The molecule has 1 N–H and O–H groups in total. The number of rotatable bonds is 6. The summed E-state index contributed by atoms with van der Waals surface area (Å²) in [5.41, 5.74) is 0.177. The minimum atomic E-state index is -1.64. The van der Waals surface area contributed by atoms with Crippen LogP contribution in [0.5, 0.6) is 0 Å². The summed E-state index contributed by atoms with van der Waals surface area (Å²) in [6.07, 6.45) is 0. The highest BCUT2D eigenvalue weighted by molar-refractivity contribution is 5.89. The van der Waals surface area contributed by atoms with Gasteiger partial charge in [-0.05, 0) is 6.92 Å². The molecule has 15 heavy (non-hydrogen) atoms. The Labute approximate surface area is 87.5 Å². The van der Waals surface area contributed by atoms with Gasteiger partial charge in [0.1, 0.15) is 12.8 Å². The summed E-state index contributed by atoms with van der Waals surface area (Å²) < 4.78 is 9.56. The molecule has 88 valence electrons. The zero-order chi connectivity index (χ0) is 11.9. The van der Waals surface area contributed by atoms with E-state index in [1.165, 1.54) is 28.1 Å². The van der Waals surface area contributed by atoms with Crippen molar-refractivity contribution in [3.63, 3.8) is 0 Å². The summed E-state index contributed by atoms with van der Waals surface area (Å²) in [6, 6.07) is 0. The maximum Gasteiger partial charge on any atom is 0.302 e. The molecule has 0 aliphatic carbocycles. The summed E-state index contributed by atoms with van der Waals surface area (Å²) in [5.74, 6) is -2.17. The van der Waals surface area contributed by atoms with Gasteiger partial charge in [-0.1, -0.05) is 5.16 Å². The summed E-state index contributed by atoms with van der Waals surface area (Å²) in [5, 5.41) is 12.3. The highest BCUT2D eigenvalue weighted by Crippen LogP contribution is 2.14. The summed E-state index contributed by atoms with van der Waals surface area (Å²) >= 11 is 0. The normalized spacial score (nSPS) is 15.7. The molecule has 0 aliphatic rings. The lowest BCUT2D eigenvalue weighted by Crippen LogP contribution is -2.46. The molecule has 7 nitrogen and oxygen atoms in total. The van der Waals surface area contributed by atoms with Crippen LogP contribution in [0.3, 0.4) is 0 Å². The second-order valence-corrected chi connectivity index (χ2v) is 2.69. The molecule has 1 atom stereocenters. The Morgan fingerprint density at radius 1 is 1.40 bits per heavy atom. The van der Waals surface area contributed by atoms with E-state index in [-0.39, 0.29) is 12.3 Å². The first-order valence-corrected chi connectivity index (χ1v) is 4.11. The highest BCUT2D eigenvalue weighted by atomic mass is 17.1. The van der Waals surface area contributed by atoms with Crippen LogP contribution >= 0.6 is 0 Å². The first kappa shape index (κ1) is 13.8. The van der Waals surface area contributed by atoms with E-state index in [1.807, 2.05) is 0 Å². The van der Waals surface area contributed by atoms with Crippen molar-refractivity contribution in [2.45, 2.75) is 19.6 Å². The van der Waals surface area contributed by atoms with Gasteiger partial charge < -0.3 is 14.3 Å². The molecule has 0 bridgehead atoms. The number of carbonyl (C=O) groups is 1. The van der Waals surface area contributed by atoms with E-state index in [0.29, 0.717) is 0 Å². The lowest BCUT2D eigenvalue weighted by molar-refractivity contribution is -0.377. The molecule has 0 saturated heterocycles. The predicted octanol–water partition coefficient (Wildman–Crippen LogP) is 0.404. The second-order valence-electron chi connectivity index (χ2n) is 2.69. The highest BCUT2D eigenvalue weighted by Gasteiger charge is 2.38. The van der Waals surface area contributed by atoms with Crippen LogP contribution in [-0.4, -0.2) is 43.6 Å². The number of oxime groups is 1. The van der Waals surface area contributed by atoms with Crippen molar-refractivity contribution in [3.05, 3.63) is 0 Å². The molecule has 0 rings (SSSR count). The molecule has 0 heterocycles. The Balaban J connectivity index is 4.71. The van der Waals surface area contributed by atoms with Crippen LogP contribution in [0.25, 0.3) is 0 Å². The molecular weight excluding hydrogens is 206 g/mol. The fourth-order valence-electron chi connectivity index (χ4n) is 0.844. The number of hydrogen-bond acceptors (Lipinski definition) is 7. The van der Waals surface area contributed by atoms with Crippen LogP contribution in [0.2, 0.25) is 0 Å². The average Bonchev–Trinajstić information content (AvgIpc) is 2.20. The van der Waals surface area contributed by atoms with Crippen molar-refractivity contribution in [1.29, 1.82) is 0 Å². The zero-order valence-electron chi connectivity index (χ0n) is 9.14. The monoisotopic (exact) mass is 221 g/mol. The maximum atomic E-state index is 10.6. The van der Waals surface area contributed by atoms with Crippen LogP contribution in [0.15, 0.2) is 5.16 Å². The minimum Gasteiger partial charge on any atom is -0.460 e. The molecule has 0 saturated carbocycles. The van der Waals surface area contributed by atoms with Crippen LogP contribution in [0.1, 0.15) is 13.8 Å². The Morgan fingerprint density at radius 3 is 2.33 bits per heavy atom. The molecule has 0 fully saturated rings. The van der Waals surface area contributed by atoms with Crippen LogP contribution in [-0.2, 0) is 24.0 Å². The van der Waals surface area contributed by atoms with Gasteiger partial charge in [-0.15, -0.1) is 0 Å². The Morgan fingerprint density at radius 2 is 2.00 bits per heavy atom. The Kier molecular flexibility index (Phi) is 5.83. The van der Waals surface area contributed by atoms with Gasteiger partial charge in [0.2, 0.25) is 0 Å². The fourth-order valence-corrected chi connectivity index (χ4v) is 0.844. The molecular formula is C8H15NO6. The molecule has 0 aromatic heterocycles. The van der Waals surface area contributed by atoms with E-state index in [1.54, 1.807) is 0 Å². The number of hydrogen-bond donors (Lipinski definition) is 1. The van der Waals surface area contributed by atoms with E-state index in [9.17, 15) is 4.79 Å². The van der Waals surface area contributed by atoms with E-state index in [4.69, 9.17) is 9.99 Å². The van der Waals surface area contributed by atoms with Gasteiger partial charge in [-0.25, -0.2) is 5.26 Å². The SMILES string of the molecule is CO/N=C(\C)C(COC(C)=O)(OC)OO. The smallest absolute Gasteiger partial charge is 0.302 e. The number of methoxy groups -OCH3 is 1. The molecule has 7 heteroatoms. The van der Waals surface area contributed by atoms with Gasteiger partial charge >= 0.3 is 5.97 Å². The summed E-state index contributed by atoms with van der Waals surface area (Å²) in [4.78, 5) is 19.3. The van der Waals surface area contributed by atoms with Gasteiger partial charge in [-0.2, -0.15) is 4.89 Å². The van der Waals surface area contributed by atoms with Crippen molar-refractivity contribution in [2.24, 2.45) is 5.16 Å². The predicted molar refractivity (Wildman–Crippen MR) is 50.2 cm³/mol. The molecule has 0 radical (unpaired) electrons. The molecule has 0 aromatic carbocycles. The van der Waals surface area contributed by atoms with Crippen molar-refractivity contribution in [1.82, 2.24) is 0 Å². The van der Waals surface area contributed by atoms with Gasteiger partial charge in [-0.3, -0.25) is 4.79 Å². The van der Waals surface area contributed by atoms with E-state index in [2.05, 4.69) is 19.6 Å². The van der Waals surface area contributed by atoms with Crippen LogP contribution in [0, 0.1) is 0 Å². The first-order valence-electron chi connectivity index (χ1n) is 4.11. The number of carbonyl (C=O) groups excluding carboxylic acids is 1. The number of esters is 1. The molecule has 0 spiro atoms. The third-order valence-corrected chi connectivity index (χ3v) is 1.72. The van der Waals surface area contributed by atoms with Crippen molar-refractivity contribution in [2.75, 3.05) is 20.8 Å². The second kappa shape index (κ2) is 6.33. The third-order valence-electron chi connectivity index (χ3n) is 1.72. The minimum absolute atomic E-state index is 0.177. The van der Waals surface area contributed by atoms with Crippen molar-refractivity contribution >= 4 is 11.7 Å². The molecule has 0 amide bonds. The fraction of sp³-hybridized carbons (Fsp3) is 0.750. The molecule has 0 aliphatic heterocycles.